The number of ketones is 1. The van der Waals surface area contributed by atoms with E-state index in [1.54, 1.807) is 41.3 Å². The van der Waals surface area contributed by atoms with Crippen molar-refractivity contribution in [2.24, 2.45) is 0 Å². The van der Waals surface area contributed by atoms with Gasteiger partial charge in [0, 0.05) is 43.6 Å². The van der Waals surface area contributed by atoms with Gasteiger partial charge in [-0.2, -0.15) is 0 Å². The number of nitrogens with zero attached hydrogens (tertiary/aromatic N) is 2. The van der Waals surface area contributed by atoms with Crippen LogP contribution in [0.3, 0.4) is 0 Å². The number of methoxy groups -OCH3 is 1. The van der Waals surface area contributed by atoms with Gasteiger partial charge in [0.25, 0.3) is 0 Å². The van der Waals surface area contributed by atoms with E-state index in [1.807, 2.05) is 14.1 Å². The summed E-state index contributed by atoms with van der Waals surface area (Å²) >= 11 is 6.00. The van der Waals surface area contributed by atoms with Crippen LogP contribution >= 0.6 is 11.6 Å². The smallest absolute Gasteiger partial charge is 0.229 e. The monoisotopic (exact) mass is 322 g/mol. The largest absolute Gasteiger partial charge is 0.384 e. The zero-order valence-electron chi connectivity index (χ0n) is 12.9. The van der Waals surface area contributed by atoms with Gasteiger partial charge in [-0.15, -0.1) is 0 Å². The van der Waals surface area contributed by atoms with Gasteiger partial charge in [-0.1, -0.05) is 11.6 Å². The maximum absolute atomic E-state index is 12.6. The first-order valence-corrected chi connectivity index (χ1v) is 7.32. The number of ether oxygens (including phenoxy) is 1. The first kappa shape index (κ1) is 16.5. The fourth-order valence-corrected chi connectivity index (χ4v) is 2.56. The summed E-state index contributed by atoms with van der Waals surface area (Å²) in [5.74, 6) is -0.176. The average molecular weight is 323 g/mol. The summed E-state index contributed by atoms with van der Waals surface area (Å²) in [5, 5.41) is 0.475. The highest BCUT2D eigenvalue weighted by Crippen LogP contribution is 2.32. The molecule has 1 heterocycles. The molecule has 0 saturated heterocycles. The molecule has 1 aliphatic heterocycles. The second kappa shape index (κ2) is 6.94. The van der Waals surface area contributed by atoms with E-state index >= 15 is 0 Å². The highest BCUT2D eigenvalue weighted by molar-refractivity contribution is 6.31. The third-order valence-electron chi connectivity index (χ3n) is 3.35. The van der Waals surface area contributed by atoms with E-state index in [9.17, 15) is 9.59 Å². The van der Waals surface area contributed by atoms with Gasteiger partial charge in [-0.3, -0.25) is 9.59 Å². The Morgan fingerprint density at radius 1 is 1.45 bits per heavy atom. The number of amides is 1. The predicted octanol–water partition coefficient (Wildman–Crippen LogP) is 2.35. The second-order valence-electron chi connectivity index (χ2n) is 5.33. The Bertz CT molecular complexity index is 626. The van der Waals surface area contributed by atoms with Gasteiger partial charge < -0.3 is 14.5 Å². The van der Waals surface area contributed by atoms with E-state index in [4.69, 9.17) is 16.3 Å². The Labute approximate surface area is 135 Å². The number of carbonyl (C=O) groups excluding carboxylic acids is 2. The number of halogens is 1. The third-order valence-corrected chi connectivity index (χ3v) is 3.58. The SMILES string of the molecule is COCCC(=O)N1C/C(=C/N(C)C)C(=O)c2cc(Cl)ccc21. The fourth-order valence-electron chi connectivity index (χ4n) is 2.38. The fraction of sp³-hybridized carbons (Fsp3) is 0.375. The van der Waals surface area contributed by atoms with Crippen LogP contribution in [0.5, 0.6) is 0 Å². The molecule has 0 spiro atoms. The number of rotatable bonds is 4. The molecular weight excluding hydrogens is 304 g/mol. The van der Waals surface area contributed by atoms with Crippen molar-refractivity contribution in [3.8, 4) is 0 Å². The molecule has 6 heteroatoms. The quantitative estimate of drug-likeness (QED) is 0.798. The molecule has 1 aromatic rings. The highest BCUT2D eigenvalue weighted by atomic mass is 35.5. The molecule has 0 unspecified atom stereocenters. The van der Waals surface area contributed by atoms with Crippen molar-refractivity contribution in [1.29, 1.82) is 0 Å². The Morgan fingerprint density at radius 3 is 2.82 bits per heavy atom. The molecule has 0 N–H and O–H groups in total. The van der Waals surface area contributed by atoms with Gasteiger partial charge >= 0.3 is 0 Å². The lowest BCUT2D eigenvalue weighted by Crippen LogP contribution is -2.39. The van der Waals surface area contributed by atoms with Gasteiger partial charge in [-0.25, -0.2) is 0 Å². The molecule has 0 aliphatic carbocycles. The minimum Gasteiger partial charge on any atom is -0.384 e. The summed E-state index contributed by atoms with van der Waals surface area (Å²) in [4.78, 5) is 28.4. The molecule has 1 aromatic carbocycles. The molecule has 1 aliphatic rings. The first-order chi connectivity index (χ1) is 10.4. The second-order valence-corrected chi connectivity index (χ2v) is 5.77. The zero-order chi connectivity index (χ0) is 16.3. The van der Waals surface area contributed by atoms with Crippen LogP contribution in [0, 0.1) is 0 Å². The van der Waals surface area contributed by atoms with Crippen LogP contribution in [-0.4, -0.2) is 50.9 Å². The van der Waals surface area contributed by atoms with Crippen molar-refractivity contribution in [3.05, 3.63) is 40.6 Å². The molecule has 0 saturated carbocycles. The number of carbonyl (C=O) groups is 2. The Hall–Kier alpha value is -1.85. The van der Waals surface area contributed by atoms with Crippen molar-refractivity contribution in [2.75, 3.05) is 39.3 Å². The van der Waals surface area contributed by atoms with E-state index < -0.39 is 0 Å². The highest BCUT2D eigenvalue weighted by Gasteiger charge is 2.30. The minimum absolute atomic E-state index is 0.0809. The minimum atomic E-state index is -0.0954. The third kappa shape index (κ3) is 3.48. The summed E-state index contributed by atoms with van der Waals surface area (Å²) in [5.41, 5.74) is 1.62. The maximum atomic E-state index is 12.6. The Morgan fingerprint density at radius 2 is 2.18 bits per heavy atom. The molecule has 0 radical (unpaired) electrons. The number of hydrogen-bond acceptors (Lipinski definition) is 4. The number of anilines is 1. The first-order valence-electron chi connectivity index (χ1n) is 6.94. The molecule has 0 bridgehead atoms. The lowest BCUT2D eigenvalue weighted by Gasteiger charge is -2.31. The average Bonchev–Trinajstić information content (AvgIpc) is 2.47. The van der Waals surface area contributed by atoms with E-state index in [0.717, 1.165) is 0 Å². The summed E-state index contributed by atoms with van der Waals surface area (Å²) in [6, 6.07) is 5.01. The van der Waals surface area contributed by atoms with Crippen molar-refractivity contribution in [3.63, 3.8) is 0 Å². The van der Waals surface area contributed by atoms with Gasteiger partial charge in [0.05, 0.1) is 25.3 Å². The number of Topliss-reactive ketones (excluding diaryl/α,β-unsaturated/α-hetero) is 1. The summed E-state index contributed by atoms with van der Waals surface area (Å²) in [7, 11) is 5.23. The van der Waals surface area contributed by atoms with Crippen LogP contribution in [0.25, 0.3) is 0 Å². The van der Waals surface area contributed by atoms with Crippen molar-refractivity contribution in [1.82, 2.24) is 4.90 Å². The Balaban J connectivity index is 2.44. The van der Waals surface area contributed by atoms with Crippen molar-refractivity contribution >= 4 is 29.0 Å². The van der Waals surface area contributed by atoms with Gasteiger partial charge in [-0.05, 0) is 18.2 Å². The molecule has 0 aromatic heterocycles. The summed E-state index contributed by atoms with van der Waals surface area (Å²) in [6.07, 6.45) is 2.00. The molecule has 5 nitrogen and oxygen atoms in total. The Kier molecular flexibility index (Phi) is 5.21. The van der Waals surface area contributed by atoms with Crippen LogP contribution in [-0.2, 0) is 9.53 Å². The van der Waals surface area contributed by atoms with E-state index in [-0.39, 0.29) is 24.7 Å². The van der Waals surface area contributed by atoms with E-state index in [0.29, 0.717) is 28.5 Å². The topological polar surface area (TPSA) is 49.9 Å². The summed E-state index contributed by atoms with van der Waals surface area (Å²) < 4.78 is 4.96. The van der Waals surface area contributed by atoms with Crippen LogP contribution in [0.1, 0.15) is 16.8 Å². The molecule has 0 atom stereocenters. The zero-order valence-corrected chi connectivity index (χ0v) is 13.7. The van der Waals surface area contributed by atoms with Crippen molar-refractivity contribution in [2.45, 2.75) is 6.42 Å². The molecule has 22 heavy (non-hydrogen) atoms. The van der Waals surface area contributed by atoms with Crippen LogP contribution in [0.15, 0.2) is 30.0 Å². The number of hydrogen-bond donors (Lipinski definition) is 0. The normalized spacial score (nSPS) is 15.9. The van der Waals surface area contributed by atoms with Crippen LogP contribution in [0.2, 0.25) is 5.02 Å². The standard InChI is InChI=1S/C16H19ClN2O3/c1-18(2)9-11-10-19(15(20)6-7-22-3)14-5-4-12(17)8-13(14)16(11)21/h4-5,8-9H,6-7,10H2,1-3H3/b11-9-. The van der Waals surface area contributed by atoms with Crippen LogP contribution in [0.4, 0.5) is 5.69 Å². The lowest BCUT2D eigenvalue weighted by atomic mass is 9.96. The lowest BCUT2D eigenvalue weighted by molar-refractivity contribution is -0.119. The van der Waals surface area contributed by atoms with Gasteiger partial charge in [0.2, 0.25) is 5.91 Å². The maximum Gasteiger partial charge on any atom is 0.229 e. The van der Waals surface area contributed by atoms with E-state index in [1.165, 1.54) is 0 Å². The van der Waals surface area contributed by atoms with Crippen LogP contribution < -0.4 is 4.90 Å². The molecule has 1 amide bonds. The van der Waals surface area contributed by atoms with Gasteiger partial charge in [0.1, 0.15) is 0 Å². The van der Waals surface area contributed by atoms with Crippen molar-refractivity contribution < 1.29 is 14.3 Å². The number of fused-ring (bicyclic) bond motifs is 1. The number of benzene rings is 1. The predicted molar refractivity (Wildman–Crippen MR) is 86.4 cm³/mol. The molecule has 0 fully saturated rings. The van der Waals surface area contributed by atoms with E-state index in [2.05, 4.69) is 0 Å². The summed E-state index contributed by atoms with van der Waals surface area (Å²) in [6.45, 7) is 0.604. The van der Waals surface area contributed by atoms with Gasteiger partial charge in [0.15, 0.2) is 5.78 Å². The molecular formula is C16H19ClN2O3. The molecule has 118 valence electrons. The molecule has 2 rings (SSSR count).